The first-order chi connectivity index (χ1) is 5.26. The summed E-state index contributed by atoms with van der Waals surface area (Å²) in [4.78, 5) is 0. The molecular formula is C11H20. The lowest BCUT2D eigenvalue weighted by atomic mass is 9.99. The Balaban J connectivity index is 0. The van der Waals surface area contributed by atoms with Gasteiger partial charge in [0.15, 0.2) is 0 Å². The Labute approximate surface area is 71.3 Å². The fourth-order valence-corrected chi connectivity index (χ4v) is 0.839. The zero-order chi connectivity index (χ0) is 9.28. The molecule has 0 aromatic rings. The van der Waals surface area contributed by atoms with Crippen LogP contribution in [0.1, 0.15) is 27.2 Å². The zero-order valence-corrected chi connectivity index (χ0v) is 8.06. The van der Waals surface area contributed by atoms with Gasteiger partial charge in [-0.05, 0) is 19.3 Å². The number of hydrogen-bond donors (Lipinski definition) is 0. The van der Waals surface area contributed by atoms with Gasteiger partial charge >= 0.3 is 0 Å². The molecule has 11 heavy (non-hydrogen) atoms. The van der Waals surface area contributed by atoms with Gasteiger partial charge in [-0.2, -0.15) is 0 Å². The summed E-state index contributed by atoms with van der Waals surface area (Å²) in [7, 11) is 0. The average Bonchev–Trinajstić information content (AvgIpc) is 2.10. The van der Waals surface area contributed by atoms with E-state index in [-0.39, 0.29) is 0 Å². The Morgan fingerprint density at radius 3 is 2.00 bits per heavy atom. The van der Waals surface area contributed by atoms with Crippen molar-refractivity contribution in [3.05, 3.63) is 37.5 Å². The molecule has 0 saturated heterocycles. The first-order valence-electron chi connectivity index (χ1n) is 4.04. The molecule has 0 heterocycles. The van der Waals surface area contributed by atoms with Crippen LogP contribution in [-0.2, 0) is 0 Å². The van der Waals surface area contributed by atoms with Crippen molar-refractivity contribution in [1.29, 1.82) is 0 Å². The molecule has 0 aromatic carbocycles. The highest BCUT2D eigenvalue weighted by atomic mass is 14.0. The summed E-state index contributed by atoms with van der Waals surface area (Å²) in [6.07, 6.45) is 5.26. The number of hydrogen-bond acceptors (Lipinski definition) is 0. The molecule has 0 aliphatic carbocycles. The van der Waals surface area contributed by atoms with Crippen LogP contribution in [0.15, 0.2) is 37.5 Å². The maximum atomic E-state index is 3.73. The van der Waals surface area contributed by atoms with E-state index in [4.69, 9.17) is 0 Å². The van der Waals surface area contributed by atoms with Gasteiger partial charge in [0.2, 0.25) is 0 Å². The highest BCUT2D eigenvalue weighted by Gasteiger charge is 1.99. The fraction of sp³-hybridized carbons (Fsp3) is 0.455. The Morgan fingerprint density at radius 2 is 1.91 bits per heavy atom. The van der Waals surface area contributed by atoms with Crippen molar-refractivity contribution in [2.24, 2.45) is 5.92 Å². The van der Waals surface area contributed by atoms with Crippen LogP contribution in [0, 0.1) is 5.92 Å². The number of allylic oxidation sites excluding steroid dienone is 3. The lowest BCUT2D eigenvalue weighted by molar-refractivity contribution is 0.669. The van der Waals surface area contributed by atoms with Gasteiger partial charge in [-0.1, -0.05) is 38.2 Å². The second-order valence-electron chi connectivity index (χ2n) is 2.30. The fourth-order valence-electron chi connectivity index (χ4n) is 0.839. The second kappa shape index (κ2) is 9.22. The Bertz CT molecular complexity index is 120. The number of rotatable bonds is 3. The zero-order valence-electron chi connectivity index (χ0n) is 8.06. The van der Waals surface area contributed by atoms with E-state index in [1.165, 1.54) is 12.0 Å². The van der Waals surface area contributed by atoms with Crippen LogP contribution in [-0.4, -0.2) is 0 Å². The van der Waals surface area contributed by atoms with Gasteiger partial charge < -0.3 is 0 Å². The topological polar surface area (TPSA) is 0 Å². The van der Waals surface area contributed by atoms with Crippen molar-refractivity contribution in [2.75, 3.05) is 0 Å². The lowest BCUT2D eigenvalue weighted by Crippen LogP contribution is -1.93. The average molecular weight is 152 g/mol. The van der Waals surface area contributed by atoms with Crippen LogP contribution in [0.25, 0.3) is 0 Å². The molecule has 0 spiro atoms. The van der Waals surface area contributed by atoms with E-state index in [0.717, 1.165) is 0 Å². The highest BCUT2D eigenvalue weighted by molar-refractivity contribution is 5.17. The van der Waals surface area contributed by atoms with E-state index >= 15 is 0 Å². The van der Waals surface area contributed by atoms with Crippen LogP contribution < -0.4 is 0 Å². The molecule has 0 aliphatic rings. The summed E-state index contributed by atoms with van der Waals surface area (Å²) in [6.45, 7) is 16.2. The highest BCUT2D eigenvalue weighted by Crippen LogP contribution is 2.13. The lowest BCUT2D eigenvalue weighted by Gasteiger charge is -2.07. The van der Waals surface area contributed by atoms with Crippen molar-refractivity contribution in [3.63, 3.8) is 0 Å². The van der Waals surface area contributed by atoms with E-state index in [9.17, 15) is 0 Å². The summed E-state index contributed by atoms with van der Waals surface area (Å²) in [5.41, 5.74) is 1.36. The molecule has 0 radical (unpaired) electrons. The smallest absolute Gasteiger partial charge is 0.0196 e. The van der Waals surface area contributed by atoms with Crippen LogP contribution in [0.2, 0.25) is 0 Å². The molecule has 0 N–H and O–H groups in total. The second-order valence-corrected chi connectivity index (χ2v) is 2.30. The van der Waals surface area contributed by atoms with E-state index < -0.39 is 0 Å². The third-order valence-electron chi connectivity index (χ3n) is 1.75. The van der Waals surface area contributed by atoms with Crippen molar-refractivity contribution in [1.82, 2.24) is 0 Å². The molecule has 0 bridgehead atoms. The molecule has 0 aliphatic heterocycles. The van der Waals surface area contributed by atoms with E-state index in [0.29, 0.717) is 5.92 Å². The van der Waals surface area contributed by atoms with Crippen molar-refractivity contribution in [2.45, 2.75) is 27.2 Å². The van der Waals surface area contributed by atoms with E-state index in [1.807, 2.05) is 6.08 Å². The van der Waals surface area contributed by atoms with Crippen LogP contribution >= 0.6 is 0 Å². The third kappa shape index (κ3) is 5.65. The van der Waals surface area contributed by atoms with Gasteiger partial charge in [-0.3, -0.25) is 0 Å². The molecule has 0 heteroatoms. The first-order valence-corrected chi connectivity index (χ1v) is 4.04. The van der Waals surface area contributed by atoms with Crippen molar-refractivity contribution < 1.29 is 0 Å². The summed E-state index contributed by atoms with van der Waals surface area (Å²) in [6, 6.07) is 0. The van der Waals surface area contributed by atoms with Gasteiger partial charge in [-0.25, -0.2) is 0 Å². The Morgan fingerprint density at radius 1 is 1.45 bits per heavy atom. The molecule has 64 valence electrons. The first kappa shape index (κ1) is 12.9. The van der Waals surface area contributed by atoms with Crippen molar-refractivity contribution in [3.8, 4) is 0 Å². The van der Waals surface area contributed by atoms with E-state index in [2.05, 4.69) is 46.6 Å². The van der Waals surface area contributed by atoms with Gasteiger partial charge in [0.05, 0.1) is 0 Å². The molecular weight excluding hydrogens is 132 g/mol. The normalized spacial score (nSPS) is 12.8. The molecule has 0 aromatic heterocycles. The predicted octanol–water partition coefficient (Wildman–Crippen LogP) is 3.97. The maximum absolute atomic E-state index is 3.73. The van der Waals surface area contributed by atoms with Gasteiger partial charge in [0, 0.05) is 0 Å². The molecule has 0 nitrogen and oxygen atoms in total. The minimum absolute atomic E-state index is 0.674. The molecule has 0 unspecified atom stereocenters. The predicted molar refractivity (Wildman–Crippen MR) is 54.7 cm³/mol. The summed E-state index contributed by atoms with van der Waals surface area (Å²) < 4.78 is 0. The van der Waals surface area contributed by atoms with Gasteiger partial charge in [0.1, 0.15) is 0 Å². The maximum Gasteiger partial charge on any atom is -0.0196 e. The third-order valence-corrected chi connectivity index (χ3v) is 1.75. The van der Waals surface area contributed by atoms with Crippen molar-refractivity contribution >= 4 is 0 Å². The molecule has 0 saturated carbocycles. The summed E-state index contributed by atoms with van der Waals surface area (Å²) in [5, 5.41) is 0. The Hall–Kier alpha value is -0.780. The molecule has 0 fully saturated rings. The quantitative estimate of drug-likeness (QED) is 0.424. The van der Waals surface area contributed by atoms with Crippen LogP contribution in [0.3, 0.4) is 0 Å². The summed E-state index contributed by atoms with van der Waals surface area (Å²) >= 11 is 0. The monoisotopic (exact) mass is 152 g/mol. The minimum atomic E-state index is 0.674. The minimum Gasteiger partial charge on any atom is -0.106 e. The van der Waals surface area contributed by atoms with E-state index in [1.54, 1.807) is 0 Å². The summed E-state index contributed by atoms with van der Waals surface area (Å²) in [5.74, 6) is 0.674. The Kier molecular flexibility index (Phi) is 10.8. The molecule has 1 atom stereocenters. The van der Waals surface area contributed by atoms with Gasteiger partial charge in [-0.15, -0.1) is 13.2 Å². The molecule has 0 rings (SSSR count). The van der Waals surface area contributed by atoms with Crippen LogP contribution in [0.4, 0.5) is 0 Å². The van der Waals surface area contributed by atoms with Crippen LogP contribution in [0.5, 0.6) is 0 Å². The SMILES string of the molecule is C=C.C=C/C(=C\C)[C@H](C)CC. The van der Waals surface area contributed by atoms with Gasteiger partial charge in [0.25, 0.3) is 0 Å². The molecule has 0 amide bonds. The largest absolute Gasteiger partial charge is 0.106 e. The standard InChI is InChI=1S/C9H16.C2H4/c1-5-8(4)9(6-2)7-3;1-2/h6-8H,2,5H2,1,3-4H3;1-2H2/b9-7+;/t8-;/m1./s1.